The Morgan fingerprint density at radius 1 is 1.09 bits per heavy atom. The summed E-state index contributed by atoms with van der Waals surface area (Å²) in [7, 11) is 0. The molecule has 1 saturated heterocycles. The van der Waals surface area contributed by atoms with E-state index in [1.807, 2.05) is 53.6 Å². The second-order valence-electron chi connectivity index (χ2n) is 7.85. The van der Waals surface area contributed by atoms with E-state index in [1.165, 1.54) is 0 Å². The number of para-hydroxylation sites is 1. The Kier molecular flexibility index (Phi) is 6.37. The number of anilines is 2. The molecule has 5 rings (SSSR count). The minimum atomic E-state index is 0.197. The molecule has 0 aliphatic carbocycles. The second kappa shape index (κ2) is 10.1. The normalized spacial score (nSPS) is 14.1. The van der Waals surface area contributed by atoms with Crippen LogP contribution in [0.4, 0.5) is 11.9 Å². The summed E-state index contributed by atoms with van der Waals surface area (Å²) in [6.45, 7) is 1.50. The third kappa shape index (κ3) is 5.17. The molecule has 0 spiro atoms. The maximum Gasteiger partial charge on any atom is 0.323 e. The van der Waals surface area contributed by atoms with Crippen LogP contribution in [0.25, 0.3) is 10.9 Å². The van der Waals surface area contributed by atoms with E-state index in [4.69, 9.17) is 4.74 Å². The van der Waals surface area contributed by atoms with Crippen molar-refractivity contribution in [1.29, 1.82) is 0 Å². The summed E-state index contributed by atoms with van der Waals surface area (Å²) in [6.07, 6.45) is 6.93. The summed E-state index contributed by atoms with van der Waals surface area (Å²) >= 11 is 0. The highest BCUT2D eigenvalue weighted by molar-refractivity contribution is 5.99. The molecule has 0 atom stereocenters. The van der Waals surface area contributed by atoms with Crippen molar-refractivity contribution in [2.75, 3.05) is 30.0 Å². The number of ether oxygens (including phenoxy) is 1. The van der Waals surface area contributed by atoms with Crippen LogP contribution in [0.2, 0.25) is 0 Å². The van der Waals surface area contributed by atoms with E-state index in [9.17, 15) is 4.79 Å². The summed E-state index contributed by atoms with van der Waals surface area (Å²) in [6, 6.07) is 14.0. The Balaban J connectivity index is 1.32. The molecule has 10 nitrogen and oxygen atoms in total. The number of nitrogens with one attached hydrogen (secondary N) is 2. The first-order chi connectivity index (χ1) is 16.7. The van der Waals surface area contributed by atoms with Crippen molar-refractivity contribution in [3.63, 3.8) is 0 Å². The van der Waals surface area contributed by atoms with Crippen LogP contribution in [0.5, 0.6) is 6.01 Å². The average molecular weight is 457 g/mol. The second-order valence-corrected chi connectivity index (χ2v) is 7.85. The zero-order valence-electron chi connectivity index (χ0n) is 18.5. The number of pyridine rings is 1. The van der Waals surface area contributed by atoms with Crippen LogP contribution >= 0.6 is 0 Å². The van der Waals surface area contributed by atoms with Crippen molar-refractivity contribution in [2.24, 2.45) is 5.10 Å². The molecule has 0 amide bonds. The quantitative estimate of drug-likeness (QED) is 0.307. The van der Waals surface area contributed by atoms with Crippen molar-refractivity contribution in [3.05, 3.63) is 66.1 Å². The maximum absolute atomic E-state index is 11.7. The molecule has 1 aliphatic rings. The topological polar surface area (TPSA) is 121 Å². The molecule has 10 heteroatoms. The van der Waals surface area contributed by atoms with Gasteiger partial charge in [0.25, 0.3) is 5.95 Å². The third-order valence-electron chi connectivity index (χ3n) is 5.51. The average Bonchev–Trinajstić information content (AvgIpc) is 3.28. The van der Waals surface area contributed by atoms with E-state index in [2.05, 4.69) is 35.4 Å². The summed E-state index contributed by atoms with van der Waals surface area (Å²) in [5.41, 5.74) is 5.80. The zero-order chi connectivity index (χ0) is 23.2. The molecule has 1 fully saturated rings. The lowest BCUT2D eigenvalue weighted by molar-refractivity contribution is -0.119. The van der Waals surface area contributed by atoms with Gasteiger partial charge in [-0.3, -0.25) is 9.78 Å². The van der Waals surface area contributed by atoms with Crippen LogP contribution in [-0.2, 0) is 11.2 Å². The summed E-state index contributed by atoms with van der Waals surface area (Å²) < 4.78 is 5.82. The first-order valence-electron chi connectivity index (χ1n) is 11.2. The molecule has 0 radical (unpaired) electrons. The molecule has 0 bridgehead atoms. The number of ketones is 1. The zero-order valence-corrected chi connectivity index (χ0v) is 18.5. The molecule has 34 heavy (non-hydrogen) atoms. The van der Waals surface area contributed by atoms with E-state index in [1.54, 1.807) is 12.4 Å². The fraction of sp³-hybridized carbons (Fsp3) is 0.250. The van der Waals surface area contributed by atoms with E-state index in [0.717, 1.165) is 22.2 Å². The number of piperidine rings is 1. The first kappa shape index (κ1) is 21.5. The van der Waals surface area contributed by atoms with Gasteiger partial charge in [0.2, 0.25) is 5.95 Å². The Morgan fingerprint density at radius 3 is 2.79 bits per heavy atom. The van der Waals surface area contributed by atoms with Crippen molar-refractivity contribution >= 4 is 34.8 Å². The molecular weight excluding hydrogens is 432 g/mol. The molecule has 4 aromatic rings. The van der Waals surface area contributed by atoms with Crippen LogP contribution < -0.4 is 15.1 Å². The largest absolute Gasteiger partial charge is 0.463 e. The smallest absolute Gasteiger partial charge is 0.323 e. The minimum absolute atomic E-state index is 0.197. The molecule has 4 heterocycles. The van der Waals surface area contributed by atoms with Gasteiger partial charge in [-0.1, -0.05) is 24.3 Å². The van der Waals surface area contributed by atoms with Gasteiger partial charge < -0.3 is 14.6 Å². The number of aromatic nitrogens is 5. The molecule has 1 aliphatic heterocycles. The number of benzene rings is 1. The SMILES string of the molecule is O=C1CCN(c2nc(N/N=C/c3c[nH]c4ccccc34)nc(OCCc3ccccn3)n2)CC1. The molecule has 0 unspecified atom stereocenters. The van der Waals surface area contributed by atoms with Crippen molar-refractivity contribution < 1.29 is 9.53 Å². The van der Waals surface area contributed by atoms with Gasteiger partial charge >= 0.3 is 6.01 Å². The van der Waals surface area contributed by atoms with Crippen LogP contribution in [-0.4, -0.2) is 56.6 Å². The number of H-pyrrole nitrogens is 1. The van der Waals surface area contributed by atoms with Crippen molar-refractivity contribution in [1.82, 2.24) is 24.9 Å². The third-order valence-corrected chi connectivity index (χ3v) is 5.51. The van der Waals surface area contributed by atoms with Crippen LogP contribution in [0, 0.1) is 0 Å². The summed E-state index contributed by atoms with van der Waals surface area (Å²) in [5, 5.41) is 5.39. The molecule has 172 valence electrons. The number of hydrazone groups is 1. The Labute approximate surface area is 196 Å². The van der Waals surface area contributed by atoms with Gasteiger partial charge in [0.15, 0.2) is 0 Å². The number of aromatic amines is 1. The molecule has 3 aromatic heterocycles. The fourth-order valence-electron chi connectivity index (χ4n) is 3.71. The van der Waals surface area contributed by atoms with Crippen LogP contribution in [0.1, 0.15) is 24.1 Å². The van der Waals surface area contributed by atoms with Gasteiger partial charge in [-0.2, -0.15) is 20.1 Å². The van der Waals surface area contributed by atoms with E-state index < -0.39 is 0 Å². The van der Waals surface area contributed by atoms with Gasteiger partial charge in [-0.15, -0.1) is 0 Å². The van der Waals surface area contributed by atoms with E-state index >= 15 is 0 Å². The highest BCUT2D eigenvalue weighted by Gasteiger charge is 2.20. The van der Waals surface area contributed by atoms with Gasteiger partial charge in [0.05, 0.1) is 12.8 Å². The number of nitrogens with zero attached hydrogens (tertiary/aromatic N) is 6. The lowest BCUT2D eigenvalue weighted by Gasteiger charge is -2.26. The van der Waals surface area contributed by atoms with Gasteiger partial charge in [-0.05, 0) is 18.2 Å². The van der Waals surface area contributed by atoms with Crippen molar-refractivity contribution in [2.45, 2.75) is 19.3 Å². The monoisotopic (exact) mass is 456 g/mol. The predicted molar refractivity (Wildman–Crippen MR) is 129 cm³/mol. The number of carbonyl (C=O) groups is 1. The number of carbonyl (C=O) groups excluding carboxylic acids is 1. The van der Waals surface area contributed by atoms with Gasteiger partial charge in [0.1, 0.15) is 5.78 Å². The number of rotatable bonds is 8. The Bertz CT molecular complexity index is 1290. The first-order valence-corrected chi connectivity index (χ1v) is 11.2. The number of hydrogen-bond acceptors (Lipinski definition) is 9. The van der Waals surface area contributed by atoms with Gasteiger partial charge in [-0.25, -0.2) is 5.43 Å². The highest BCUT2D eigenvalue weighted by Crippen LogP contribution is 2.19. The van der Waals surface area contributed by atoms with Crippen LogP contribution in [0.15, 0.2) is 60.0 Å². The van der Waals surface area contributed by atoms with E-state index in [-0.39, 0.29) is 17.7 Å². The minimum Gasteiger partial charge on any atom is -0.463 e. The molecule has 1 aromatic carbocycles. The van der Waals surface area contributed by atoms with Gasteiger partial charge in [0, 0.05) is 66.9 Å². The predicted octanol–water partition coefficient (Wildman–Crippen LogP) is 2.98. The Hall–Kier alpha value is -4.34. The lowest BCUT2D eigenvalue weighted by Crippen LogP contribution is -2.35. The van der Waals surface area contributed by atoms with E-state index in [0.29, 0.717) is 44.9 Å². The fourth-order valence-corrected chi connectivity index (χ4v) is 3.71. The number of Topliss-reactive ketones (excluding diaryl/α,β-unsaturated/α-hetero) is 1. The standard InChI is InChI=1S/C24H24N8O2/c33-19-8-12-32(13-9-19)23-28-22(29-24(30-23)34-14-10-18-5-3-4-11-25-18)31-27-16-17-15-26-21-7-2-1-6-20(17)21/h1-7,11,15-16,26H,8-10,12-14H2,(H,28,29,30,31)/b27-16+. The lowest BCUT2D eigenvalue weighted by atomic mass is 10.1. The maximum atomic E-state index is 11.7. The molecule has 2 N–H and O–H groups in total. The number of hydrogen-bond donors (Lipinski definition) is 2. The highest BCUT2D eigenvalue weighted by atomic mass is 16.5. The number of fused-ring (bicyclic) bond motifs is 1. The molecule has 0 saturated carbocycles. The summed E-state index contributed by atoms with van der Waals surface area (Å²) in [4.78, 5) is 34.5. The molecular formula is C24H24N8O2. The van der Waals surface area contributed by atoms with Crippen molar-refractivity contribution in [3.8, 4) is 6.01 Å². The summed E-state index contributed by atoms with van der Waals surface area (Å²) in [5.74, 6) is 0.977. The Morgan fingerprint density at radius 2 is 1.94 bits per heavy atom. The van der Waals surface area contributed by atoms with Crippen LogP contribution in [0.3, 0.4) is 0 Å².